The molecule has 1 aliphatic rings. The highest BCUT2D eigenvalue weighted by Crippen LogP contribution is 2.03. The molecule has 1 saturated heterocycles. The number of piperidine rings is 1. The summed E-state index contributed by atoms with van der Waals surface area (Å²) in [5.74, 6) is -0.956. The maximum absolute atomic E-state index is 10.7. The van der Waals surface area contributed by atoms with Gasteiger partial charge in [0.05, 0.1) is 0 Å². The van der Waals surface area contributed by atoms with E-state index in [1.807, 2.05) is 0 Å². The van der Waals surface area contributed by atoms with Gasteiger partial charge in [-0.3, -0.25) is 10.1 Å². The number of rotatable bonds is 5. The number of aldehydes is 1. The van der Waals surface area contributed by atoms with Crippen LogP contribution in [0.1, 0.15) is 19.3 Å². The van der Waals surface area contributed by atoms with Gasteiger partial charge in [0.15, 0.2) is 0 Å². The average Bonchev–Trinajstić information content (AvgIpc) is 2.18. The van der Waals surface area contributed by atoms with Crippen molar-refractivity contribution in [2.75, 3.05) is 13.1 Å². The van der Waals surface area contributed by atoms with Gasteiger partial charge in [-0.1, -0.05) is 0 Å². The summed E-state index contributed by atoms with van der Waals surface area (Å²) in [5.41, 5.74) is 0. The Balaban J connectivity index is 2.36. The molecule has 0 bridgehead atoms. The van der Waals surface area contributed by atoms with Gasteiger partial charge < -0.3 is 15.2 Å². The van der Waals surface area contributed by atoms with Crippen molar-refractivity contribution >= 4 is 12.3 Å². The van der Waals surface area contributed by atoms with E-state index in [9.17, 15) is 9.59 Å². The van der Waals surface area contributed by atoms with Crippen LogP contribution < -0.4 is 10.6 Å². The van der Waals surface area contributed by atoms with Gasteiger partial charge in [-0.15, -0.1) is 0 Å². The lowest BCUT2D eigenvalue weighted by Gasteiger charge is -2.26. The number of hydrogen-bond donors (Lipinski definition) is 3. The third kappa shape index (κ3) is 3.43. The molecule has 0 aliphatic carbocycles. The van der Waals surface area contributed by atoms with Crippen molar-refractivity contribution in [2.45, 2.75) is 31.3 Å². The van der Waals surface area contributed by atoms with Crippen molar-refractivity contribution in [2.24, 2.45) is 0 Å². The van der Waals surface area contributed by atoms with Crippen molar-refractivity contribution in [3.63, 3.8) is 0 Å². The molecule has 1 fully saturated rings. The van der Waals surface area contributed by atoms with E-state index in [4.69, 9.17) is 5.11 Å². The first-order valence-corrected chi connectivity index (χ1v) is 4.87. The van der Waals surface area contributed by atoms with Gasteiger partial charge in [0.2, 0.25) is 0 Å². The third-order valence-corrected chi connectivity index (χ3v) is 2.36. The minimum absolute atomic E-state index is 0.0336. The summed E-state index contributed by atoms with van der Waals surface area (Å²) in [5, 5.41) is 14.9. The number of nitrogens with one attached hydrogen (secondary N) is 2. The van der Waals surface area contributed by atoms with Gasteiger partial charge in [-0.25, -0.2) is 0 Å². The number of carbonyl (C=O) groups excluding carboxylic acids is 1. The monoisotopic (exact) mass is 200 g/mol. The van der Waals surface area contributed by atoms with Gasteiger partial charge in [0, 0.05) is 19.0 Å². The van der Waals surface area contributed by atoms with E-state index in [-0.39, 0.29) is 12.5 Å². The van der Waals surface area contributed by atoms with Crippen LogP contribution in [0.5, 0.6) is 0 Å². The van der Waals surface area contributed by atoms with Crippen LogP contribution in [0.4, 0.5) is 0 Å². The van der Waals surface area contributed by atoms with Gasteiger partial charge >= 0.3 is 5.97 Å². The summed E-state index contributed by atoms with van der Waals surface area (Å²) in [6.07, 6.45) is 2.69. The lowest BCUT2D eigenvalue weighted by atomic mass is 10.1. The number of aliphatic carboxylic acids is 1. The smallest absolute Gasteiger partial charge is 0.321 e. The number of carboxylic acid groups (broad SMARTS) is 1. The molecule has 80 valence electrons. The Morgan fingerprint density at radius 3 is 3.00 bits per heavy atom. The zero-order valence-electron chi connectivity index (χ0n) is 8.03. The molecule has 0 aromatic rings. The molecule has 3 N–H and O–H groups in total. The van der Waals surface area contributed by atoms with Crippen LogP contribution in [-0.4, -0.2) is 42.5 Å². The molecule has 0 aromatic heterocycles. The molecule has 0 amide bonds. The molecular weight excluding hydrogens is 184 g/mol. The molecule has 1 aliphatic heterocycles. The van der Waals surface area contributed by atoms with Crippen molar-refractivity contribution in [3.8, 4) is 0 Å². The highest BCUT2D eigenvalue weighted by molar-refractivity contribution is 5.76. The first kappa shape index (κ1) is 11.1. The molecule has 1 rings (SSSR count). The molecule has 1 unspecified atom stereocenters. The third-order valence-electron chi connectivity index (χ3n) is 2.36. The van der Waals surface area contributed by atoms with Crippen LogP contribution in [0.25, 0.3) is 0 Å². The van der Waals surface area contributed by atoms with Crippen molar-refractivity contribution in [1.29, 1.82) is 0 Å². The Kier molecular flexibility index (Phi) is 4.55. The van der Waals surface area contributed by atoms with Gasteiger partial charge in [-0.2, -0.15) is 0 Å². The van der Waals surface area contributed by atoms with E-state index < -0.39 is 12.0 Å². The summed E-state index contributed by atoms with van der Waals surface area (Å²) >= 11 is 0. The van der Waals surface area contributed by atoms with Crippen LogP contribution in [0.2, 0.25) is 0 Å². The second-order valence-electron chi connectivity index (χ2n) is 3.50. The van der Waals surface area contributed by atoms with Crippen LogP contribution in [0.15, 0.2) is 0 Å². The zero-order chi connectivity index (χ0) is 10.4. The van der Waals surface area contributed by atoms with Gasteiger partial charge in [0.25, 0.3) is 0 Å². The molecule has 0 spiro atoms. The van der Waals surface area contributed by atoms with Crippen molar-refractivity contribution in [3.05, 3.63) is 0 Å². The highest BCUT2D eigenvalue weighted by atomic mass is 16.4. The fourth-order valence-electron chi connectivity index (χ4n) is 1.61. The Labute approximate surface area is 82.9 Å². The van der Waals surface area contributed by atoms with Gasteiger partial charge in [-0.05, 0) is 19.4 Å². The van der Waals surface area contributed by atoms with E-state index in [0.717, 1.165) is 25.9 Å². The lowest BCUT2D eigenvalue weighted by Crippen LogP contribution is -2.50. The summed E-state index contributed by atoms with van der Waals surface area (Å²) in [4.78, 5) is 21.0. The summed E-state index contributed by atoms with van der Waals surface area (Å²) in [6.45, 7) is 1.77. The number of carbonyl (C=O) groups is 2. The van der Waals surface area contributed by atoms with Crippen molar-refractivity contribution < 1.29 is 14.7 Å². The minimum Gasteiger partial charge on any atom is -0.480 e. The zero-order valence-corrected chi connectivity index (χ0v) is 8.03. The molecule has 5 heteroatoms. The Bertz CT molecular complexity index is 202. The highest BCUT2D eigenvalue weighted by Gasteiger charge is 2.21. The fraction of sp³-hybridized carbons (Fsp3) is 0.778. The average molecular weight is 200 g/mol. The van der Waals surface area contributed by atoms with E-state index in [2.05, 4.69) is 10.6 Å². The number of carboxylic acids is 1. The SMILES string of the molecule is O=CCC(N[C@H]1CCCNC1)C(=O)O. The van der Waals surface area contributed by atoms with Gasteiger partial charge in [0.1, 0.15) is 12.3 Å². The summed E-state index contributed by atoms with van der Waals surface area (Å²) in [6, 6.07) is -0.567. The maximum Gasteiger partial charge on any atom is 0.321 e. The second-order valence-corrected chi connectivity index (χ2v) is 3.50. The first-order chi connectivity index (χ1) is 6.74. The van der Waals surface area contributed by atoms with Crippen LogP contribution in [-0.2, 0) is 9.59 Å². The Morgan fingerprint density at radius 1 is 1.71 bits per heavy atom. The summed E-state index contributed by atoms with van der Waals surface area (Å²) in [7, 11) is 0. The van der Waals surface area contributed by atoms with Crippen LogP contribution in [0.3, 0.4) is 0 Å². The predicted octanol–water partition coefficient (Wildman–Crippen LogP) is -0.630. The van der Waals surface area contributed by atoms with E-state index in [0.29, 0.717) is 6.29 Å². The molecule has 14 heavy (non-hydrogen) atoms. The molecule has 2 atom stereocenters. The minimum atomic E-state index is -0.956. The lowest BCUT2D eigenvalue weighted by molar-refractivity contribution is -0.140. The maximum atomic E-state index is 10.7. The van der Waals surface area contributed by atoms with E-state index >= 15 is 0 Å². The second kappa shape index (κ2) is 5.72. The summed E-state index contributed by atoms with van der Waals surface area (Å²) < 4.78 is 0. The fourth-order valence-corrected chi connectivity index (χ4v) is 1.61. The van der Waals surface area contributed by atoms with Crippen molar-refractivity contribution in [1.82, 2.24) is 10.6 Å². The molecule has 0 saturated carbocycles. The molecular formula is C9H16N2O3. The molecule has 5 nitrogen and oxygen atoms in total. The topological polar surface area (TPSA) is 78.4 Å². The number of hydrogen-bond acceptors (Lipinski definition) is 4. The van der Waals surface area contributed by atoms with Crippen LogP contribution in [0, 0.1) is 0 Å². The standard InChI is InChI=1S/C9H16N2O3/c12-5-3-8(9(13)14)11-7-2-1-4-10-6-7/h5,7-8,10-11H,1-4,6H2,(H,13,14)/t7-,8?/m0/s1. The normalized spacial score (nSPS) is 24.1. The largest absolute Gasteiger partial charge is 0.480 e. The Morgan fingerprint density at radius 2 is 2.50 bits per heavy atom. The molecule has 0 aromatic carbocycles. The molecule has 1 heterocycles. The Hall–Kier alpha value is -0.940. The molecule has 0 radical (unpaired) electrons. The van der Waals surface area contributed by atoms with E-state index in [1.54, 1.807) is 0 Å². The van der Waals surface area contributed by atoms with E-state index in [1.165, 1.54) is 0 Å². The van der Waals surface area contributed by atoms with Crippen LogP contribution >= 0.6 is 0 Å². The quantitative estimate of drug-likeness (QED) is 0.515. The first-order valence-electron chi connectivity index (χ1n) is 4.87. The predicted molar refractivity (Wildman–Crippen MR) is 51.1 cm³/mol.